The second-order valence-electron chi connectivity index (χ2n) is 23.6. The van der Waals surface area contributed by atoms with Crippen LogP contribution in [-0.2, 0) is 23.9 Å². The molecule has 0 radical (unpaired) electrons. The van der Waals surface area contributed by atoms with Crippen LogP contribution < -0.4 is 53.2 Å². The number of ether oxygens (including phenoxy) is 2. The number of aromatic hydroxyl groups is 2. The number of phenolic OH excluding ortho intramolecular Hbond substituents is 2. The second-order valence-corrected chi connectivity index (χ2v) is 24.2. The van der Waals surface area contributed by atoms with Gasteiger partial charge in [-0.05, 0) is 101 Å². The maximum absolute atomic E-state index is 14.1. The normalized spacial score (nSPS) is 24.7. The molecule has 2 aromatic rings. The molecule has 3 unspecified atom stereocenters. The van der Waals surface area contributed by atoms with E-state index in [0.717, 1.165) is 25.7 Å². The number of thiocarbonyl (C=S) groups is 2. The maximum Gasteiger partial charge on any atom is 0.255 e. The predicted octanol–water partition coefficient (Wildman–Crippen LogP) is -0.540. The van der Waals surface area contributed by atoms with Gasteiger partial charge in [0, 0.05) is 135 Å². The van der Waals surface area contributed by atoms with Gasteiger partial charge in [0.05, 0.1) is 71.7 Å². The Morgan fingerprint density at radius 2 is 1.19 bits per heavy atom. The third-order valence-corrected chi connectivity index (χ3v) is 17.3. The SMILES string of the molecule is CC1=CC2C(=O)NCCN(CCNC(O)C3=C(O)C(C(=O)NCCOCCOCCNC(=S)NC4CCC(N=C=S)CC4)CC=C3)CCN3CCNC(=O)c4cccc(c4O)C(=O)NCCN(CCNC(=O)C(=C1)[C@]2(C)O)CCNC(=O)c1cccc(c1O)C(=O)NCC3. The number of isothiocyanates is 1. The molecule has 0 aromatic heterocycles. The van der Waals surface area contributed by atoms with Crippen LogP contribution in [0.25, 0.3) is 0 Å². The molecule has 3 heterocycles. The van der Waals surface area contributed by atoms with E-state index < -0.39 is 76.5 Å². The van der Waals surface area contributed by atoms with Crippen molar-refractivity contribution in [1.29, 1.82) is 0 Å². The Hall–Kier alpha value is -7.74. The molecular weight excluding hydrogens is 1250 g/mol. The Labute approximate surface area is 557 Å². The molecule has 512 valence electrons. The van der Waals surface area contributed by atoms with E-state index >= 15 is 0 Å². The van der Waals surface area contributed by atoms with Crippen LogP contribution in [0.2, 0.25) is 0 Å². The smallest absolute Gasteiger partial charge is 0.255 e. The van der Waals surface area contributed by atoms with E-state index in [2.05, 4.69) is 63.3 Å². The average molecular weight is 1340 g/mol. The molecule has 94 heavy (non-hydrogen) atoms. The van der Waals surface area contributed by atoms with Crippen molar-refractivity contribution in [3.05, 3.63) is 105 Å². The third-order valence-electron chi connectivity index (χ3n) is 16.9. The molecular formula is C64H90N14O14S2. The molecule has 1 saturated carbocycles. The first-order valence-corrected chi connectivity index (χ1v) is 32.8. The highest BCUT2D eigenvalue weighted by Gasteiger charge is 2.44. The summed E-state index contributed by atoms with van der Waals surface area (Å²) in [6.45, 7) is 7.11. The van der Waals surface area contributed by atoms with Gasteiger partial charge < -0.3 is 82.9 Å². The van der Waals surface area contributed by atoms with Gasteiger partial charge in [-0.15, -0.1) is 0 Å². The van der Waals surface area contributed by atoms with E-state index in [1.807, 2.05) is 14.7 Å². The highest BCUT2D eigenvalue weighted by Crippen LogP contribution is 2.34. The van der Waals surface area contributed by atoms with Crippen LogP contribution in [0.15, 0.2) is 88.2 Å². The molecule has 6 aliphatic rings. The summed E-state index contributed by atoms with van der Waals surface area (Å²) in [6.07, 6.45) is 8.87. The van der Waals surface area contributed by atoms with Crippen molar-refractivity contribution < 1.29 is 68.6 Å². The number of allylic oxidation sites excluding steroid dienone is 3. The maximum atomic E-state index is 14.1. The van der Waals surface area contributed by atoms with Crippen LogP contribution in [0, 0.1) is 11.8 Å². The van der Waals surface area contributed by atoms with Gasteiger partial charge in [0.1, 0.15) is 29.1 Å². The number of amides is 7. The largest absolute Gasteiger partial charge is 0.511 e. The zero-order chi connectivity index (χ0) is 67.6. The number of para-hydroxylation sites is 2. The van der Waals surface area contributed by atoms with Gasteiger partial charge in [-0.25, -0.2) is 4.99 Å². The first-order chi connectivity index (χ1) is 45.2. The summed E-state index contributed by atoms with van der Waals surface area (Å²) in [5.74, 6) is -7.86. The van der Waals surface area contributed by atoms with Crippen LogP contribution in [0.3, 0.4) is 0 Å². The highest BCUT2D eigenvalue weighted by atomic mass is 32.1. The van der Waals surface area contributed by atoms with E-state index in [1.54, 1.807) is 25.2 Å². The molecule has 7 amide bonds. The number of aliphatic hydroxyl groups is 3. The number of hydrogen-bond acceptors (Lipinski definition) is 21. The van der Waals surface area contributed by atoms with Crippen molar-refractivity contribution in [2.75, 3.05) is 144 Å². The monoisotopic (exact) mass is 1340 g/mol. The van der Waals surface area contributed by atoms with Crippen molar-refractivity contribution in [2.45, 2.75) is 69.9 Å². The fraction of sp³-hybridized carbons (Fsp3) is 0.547. The van der Waals surface area contributed by atoms with E-state index in [9.17, 15) is 59.1 Å². The molecule has 15 N–H and O–H groups in total. The van der Waals surface area contributed by atoms with Crippen LogP contribution in [0.1, 0.15) is 87.4 Å². The number of phenols is 2. The van der Waals surface area contributed by atoms with Crippen molar-refractivity contribution in [3.63, 3.8) is 0 Å². The minimum Gasteiger partial charge on any atom is -0.511 e. The Morgan fingerprint density at radius 3 is 1.72 bits per heavy atom. The number of carbonyl (C=O) groups is 7. The zero-order valence-electron chi connectivity index (χ0n) is 53.3. The van der Waals surface area contributed by atoms with E-state index in [1.165, 1.54) is 49.4 Å². The summed E-state index contributed by atoms with van der Waals surface area (Å²) in [6, 6.07) is 8.98. The lowest BCUT2D eigenvalue weighted by atomic mass is 9.76. The van der Waals surface area contributed by atoms with Crippen molar-refractivity contribution in [2.24, 2.45) is 16.8 Å². The summed E-state index contributed by atoms with van der Waals surface area (Å²) in [5, 5.41) is 89.7. The predicted molar refractivity (Wildman–Crippen MR) is 357 cm³/mol. The van der Waals surface area contributed by atoms with Crippen molar-refractivity contribution >= 4 is 76.1 Å². The Balaban J connectivity index is 1.01. The highest BCUT2D eigenvalue weighted by molar-refractivity contribution is 7.80. The minimum absolute atomic E-state index is 0.00926. The molecule has 0 spiro atoms. The van der Waals surface area contributed by atoms with E-state index in [-0.39, 0.29) is 182 Å². The number of aliphatic hydroxyl groups excluding tert-OH is 2. The fourth-order valence-electron chi connectivity index (χ4n) is 11.6. The van der Waals surface area contributed by atoms with Gasteiger partial charge in [-0.2, -0.15) is 0 Å². The molecule has 0 saturated heterocycles. The molecule has 28 nitrogen and oxygen atoms in total. The van der Waals surface area contributed by atoms with E-state index in [4.69, 9.17) is 33.9 Å². The molecule has 30 heteroatoms. The first kappa shape index (κ1) is 73.7. The average Bonchev–Trinajstić information content (AvgIpc) is 0.785. The van der Waals surface area contributed by atoms with Gasteiger partial charge in [-0.3, -0.25) is 53.6 Å². The fourth-order valence-corrected chi connectivity index (χ4v) is 12.0. The zero-order valence-corrected chi connectivity index (χ0v) is 54.9. The number of benzene rings is 2. The Bertz CT molecular complexity index is 3100. The number of fused-ring (bicyclic) bond motifs is 21. The lowest BCUT2D eigenvalue weighted by Crippen LogP contribution is -2.52. The number of nitrogens with zero attached hydrogens (tertiary/aromatic N) is 4. The minimum atomic E-state index is -1.96. The lowest BCUT2D eigenvalue weighted by Gasteiger charge is -2.35. The second kappa shape index (κ2) is 37.4. The Kier molecular flexibility index (Phi) is 29.3. The number of nitrogens with one attached hydrogen (secondary N) is 10. The third kappa shape index (κ3) is 21.9. The molecule has 3 aliphatic heterocycles. The molecule has 4 atom stereocenters. The summed E-state index contributed by atoms with van der Waals surface area (Å²) in [7, 11) is 0. The number of hydrogen-bond donors (Lipinski definition) is 15. The summed E-state index contributed by atoms with van der Waals surface area (Å²) in [4.78, 5) is 106. The quantitative estimate of drug-likeness (QED) is 0.0409. The number of rotatable bonds is 17. The van der Waals surface area contributed by atoms with Gasteiger partial charge >= 0.3 is 0 Å². The van der Waals surface area contributed by atoms with Gasteiger partial charge in [0.2, 0.25) is 17.7 Å². The van der Waals surface area contributed by atoms with Gasteiger partial charge in [0.25, 0.3) is 23.6 Å². The molecule has 2 aromatic carbocycles. The molecule has 3 aliphatic carbocycles. The molecule has 8 rings (SSSR count). The molecule has 8 bridgehead atoms. The number of aliphatic imine (C=N–C) groups is 1. The standard InChI is InChI=1S/C64H90N14O14S2/c1-41-38-50-61(88)70-21-27-76-25-16-65-55(82)44-6-3-8-46(52(44)79)57(84)67-18-28-77(29-19-68-58(85)47-9-4-7-45(53(47)80)56(83)66-17-26-76)32-33-78(31-22-71-62(89)51(39-41)64(50,2)90)30-20-69-59(86)48-10-5-11-49(54(48)81)60(87)72-23-34-91-36-37-92-35-24-73-63(94)75-43-14-12-42(13-15-43)74-40-93/h3-10,38-39,42-43,49,51,59,69,79-81,86,90H,11-37H2,1-2H3,(H,65,82)(H,66,83)(H,67,84)(H,68,85)(H,70,88)(H,71,89)(H,72,87)(H2,73,75,94)/t42?,43?,49?,51?,59?,64-/m0/s1. The summed E-state index contributed by atoms with van der Waals surface area (Å²) in [5.41, 5.74) is -1.95. The van der Waals surface area contributed by atoms with Crippen LogP contribution >= 0.6 is 24.4 Å². The van der Waals surface area contributed by atoms with Crippen LogP contribution in [0.4, 0.5) is 0 Å². The summed E-state index contributed by atoms with van der Waals surface area (Å²) >= 11 is 10.2. The van der Waals surface area contributed by atoms with E-state index in [0.29, 0.717) is 30.4 Å². The molecule has 1 fully saturated rings. The van der Waals surface area contributed by atoms with Crippen molar-refractivity contribution in [3.8, 4) is 11.5 Å². The van der Waals surface area contributed by atoms with Crippen LogP contribution in [-0.4, -0.2) is 260 Å². The van der Waals surface area contributed by atoms with Crippen molar-refractivity contribution in [1.82, 2.24) is 67.9 Å². The number of carbonyl (C=O) groups excluding carboxylic acids is 7. The van der Waals surface area contributed by atoms with Gasteiger partial charge in [0.15, 0.2) is 5.11 Å². The van der Waals surface area contributed by atoms with Gasteiger partial charge in [-0.1, -0.05) is 35.9 Å². The summed E-state index contributed by atoms with van der Waals surface area (Å²) < 4.78 is 11.3. The lowest BCUT2D eigenvalue weighted by molar-refractivity contribution is -0.130. The topological polar surface area (TPSA) is 381 Å². The first-order valence-electron chi connectivity index (χ1n) is 31.9. The van der Waals surface area contributed by atoms with Crippen LogP contribution in [0.5, 0.6) is 11.5 Å². The Morgan fingerprint density at radius 1 is 0.691 bits per heavy atom.